The predicted molar refractivity (Wildman–Crippen MR) is 130 cm³/mol. The summed E-state index contributed by atoms with van der Waals surface area (Å²) in [6, 6.07) is 9.04. The van der Waals surface area contributed by atoms with Gasteiger partial charge in [0.05, 0.1) is 6.10 Å². The van der Waals surface area contributed by atoms with Crippen LogP contribution in [-0.4, -0.2) is 36.0 Å². The molecule has 0 spiro atoms. The molecule has 6 atom stereocenters. The summed E-state index contributed by atoms with van der Waals surface area (Å²) in [5, 5.41) is 22.0. The van der Waals surface area contributed by atoms with E-state index in [-0.39, 0.29) is 11.5 Å². The standard InChI is InChI=1S/C29H37NO2/c1-5-15-29(32)16-14-26-24-12-8-20-17-22(31)11-13-23(20)27(24)25(18-28(26,29)2)19-6-9-21(10-7-19)30(3)4/h6-7,9-10,17,22,24-26,31-32H,8,11-14,16,18H2,1-4H3/t22-,24+,25+,26+,28+,29+/m1/s1. The lowest BCUT2D eigenvalue weighted by Gasteiger charge is -2.54. The fourth-order valence-corrected chi connectivity index (χ4v) is 7.50. The van der Waals surface area contributed by atoms with E-state index in [1.54, 1.807) is 5.57 Å². The van der Waals surface area contributed by atoms with Crippen molar-refractivity contribution in [2.45, 2.75) is 76.4 Å². The quantitative estimate of drug-likeness (QED) is 0.633. The van der Waals surface area contributed by atoms with Gasteiger partial charge in [0.2, 0.25) is 0 Å². The van der Waals surface area contributed by atoms with E-state index in [4.69, 9.17) is 0 Å². The van der Waals surface area contributed by atoms with Crippen molar-refractivity contribution < 1.29 is 10.2 Å². The first-order valence-electron chi connectivity index (χ1n) is 12.3. The molecule has 0 bridgehead atoms. The summed E-state index contributed by atoms with van der Waals surface area (Å²) in [4.78, 5) is 2.14. The third kappa shape index (κ3) is 3.18. The van der Waals surface area contributed by atoms with Crippen LogP contribution in [0.5, 0.6) is 0 Å². The second-order valence-corrected chi connectivity index (χ2v) is 10.9. The fourth-order valence-electron chi connectivity index (χ4n) is 7.50. The third-order valence-electron chi connectivity index (χ3n) is 9.16. The second kappa shape index (κ2) is 7.79. The van der Waals surface area contributed by atoms with Gasteiger partial charge in [-0.2, -0.15) is 0 Å². The van der Waals surface area contributed by atoms with Gasteiger partial charge in [-0.25, -0.2) is 0 Å². The number of nitrogens with zero attached hydrogens (tertiary/aromatic N) is 1. The Hall–Kier alpha value is -2.02. The SMILES string of the molecule is CC#C[C@]1(O)CC[C@H]2[C@@H]3CCC4=C[C@H](O)CCC4=C3[C@H](c3ccc(N(C)C)cc3)C[C@@]21C. The van der Waals surface area contributed by atoms with Crippen LogP contribution in [0.3, 0.4) is 0 Å². The number of benzene rings is 1. The highest BCUT2D eigenvalue weighted by Gasteiger charge is 2.62. The van der Waals surface area contributed by atoms with Crippen molar-refractivity contribution in [3.63, 3.8) is 0 Å². The molecule has 2 N–H and O–H groups in total. The molecule has 5 rings (SSSR count). The maximum absolute atomic E-state index is 11.7. The van der Waals surface area contributed by atoms with Crippen LogP contribution in [-0.2, 0) is 0 Å². The van der Waals surface area contributed by atoms with Crippen molar-refractivity contribution in [2.24, 2.45) is 17.3 Å². The van der Waals surface area contributed by atoms with Crippen molar-refractivity contribution in [2.75, 3.05) is 19.0 Å². The van der Waals surface area contributed by atoms with Crippen molar-refractivity contribution in [3.05, 3.63) is 52.6 Å². The number of aliphatic hydroxyl groups is 2. The smallest absolute Gasteiger partial charge is 0.131 e. The molecule has 32 heavy (non-hydrogen) atoms. The molecule has 1 aromatic rings. The van der Waals surface area contributed by atoms with Crippen LogP contribution >= 0.6 is 0 Å². The summed E-state index contributed by atoms with van der Waals surface area (Å²) < 4.78 is 0. The Kier molecular flexibility index (Phi) is 5.31. The van der Waals surface area contributed by atoms with E-state index in [0.29, 0.717) is 17.8 Å². The molecule has 2 saturated carbocycles. The summed E-state index contributed by atoms with van der Waals surface area (Å²) in [6.07, 6.45) is 8.58. The first kappa shape index (κ1) is 21.8. The van der Waals surface area contributed by atoms with E-state index >= 15 is 0 Å². The number of aliphatic hydroxyl groups excluding tert-OH is 1. The summed E-state index contributed by atoms with van der Waals surface area (Å²) in [6.45, 7) is 4.17. The zero-order valence-corrected chi connectivity index (χ0v) is 20.0. The molecule has 4 aliphatic rings. The molecule has 170 valence electrons. The van der Waals surface area contributed by atoms with Crippen LogP contribution in [0.2, 0.25) is 0 Å². The normalized spacial score (nSPS) is 38.1. The highest BCUT2D eigenvalue weighted by atomic mass is 16.3. The Balaban J connectivity index is 1.66. The Labute approximate surface area is 193 Å². The summed E-state index contributed by atoms with van der Waals surface area (Å²) in [7, 11) is 4.16. The molecule has 3 nitrogen and oxygen atoms in total. The molecule has 4 aliphatic carbocycles. The number of rotatable bonds is 2. The zero-order chi connectivity index (χ0) is 22.7. The molecular weight excluding hydrogens is 394 g/mol. The van der Waals surface area contributed by atoms with E-state index in [1.807, 2.05) is 6.92 Å². The molecular formula is C29H37NO2. The van der Waals surface area contributed by atoms with Gasteiger partial charge in [-0.05, 0) is 92.5 Å². The molecule has 0 aromatic heterocycles. The Morgan fingerprint density at radius 3 is 2.50 bits per heavy atom. The Bertz CT molecular complexity index is 1020. The van der Waals surface area contributed by atoms with Crippen LogP contribution in [0.4, 0.5) is 5.69 Å². The molecule has 0 radical (unpaired) electrons. The monoisotopic (exact) mass is 431 g/mol. The number of allylic oxidation sites excluding steroid dienone is 3. The number of anilines is 1. The van der Waals surface area contributed by atoms with Crippen LogP contribution in [0.15, 0.2) is 47.1 Å². The van der Waals surface area contributed by atoms with Crippen molar-refractivity contribution >= 4 is 5.69 Å². The maximum Gasteiger partial charge on any atom is 0.131 e. The maximum atomic E-state index is 11.7. The van der Waals surface area contributed by atoms with Crippen molar-refractivity contribution in [1.82, 2.24) is 0 Å². The zero-order valence-electron chi connectivity index (χ0n) is 20.0. The molecule has 2 fully saturated rings. The molecule has 1 aromatic carbocycles. The molecule has 3 heteroatoms. The minimum atomic E-state index is -0.899. The molecule has 0 aliphatic heterocycles. The summed E-state index contributed by atoms with van der Waals surface area (Å²) in [5.41, 5.74) is 5.98. The Morgan fingerprint density at radius 2 is 1.81 bits per heavy atom. The first-order valence-corrected chi connectivity index (χ1v) is 12.3. The minimum absolute atomic E-state index is 0.203. The van der Waals surface area contributed by atoms with Crippen LogP contribution < -0.4 is 4.90 Å². The summed E-state index contributed by atoms with van der Waals surface area (Å²) in [5.74, 6) is 7.58. The third-order valence-corrected chi connectivity index (χ3v) is 9.16. The summed E-state index contributed by atoms with van der Waals surface area (Å²) >= 11 is 0. The van der Waals surface area contributed by atoms with E-state index in [2.05, 4.69) is 68.1 Å². The van der Waals surface area contributed by atoms with Gasteiger partial charge in [-0.3, -0.25) is 0 Å². The highest BCUT2D eigenvalue weighted by Crippen LogP contribution is 2.66. The fraction of sp³-hybridized carbons (Fsp3) is 0.586. The van der Waals surface area contributed by atoms with Crippen molar-refractivity contribution in [3.8, 4) is 11.8 Å². The lowest BCUT2D eigenvalue weighted by Crippen LogP contribution is -2.51. The molecule has 0 unspecified atom stereocenters. The van der Waals surface area contributed by atoms with Gasteiger partial charge in [-0.1, -0.05) is 36.6 Å². The van der Waals surface area contributed by atoms with Crippen LogP contribution in [0.1, 0.15) is 70.3 Å². The average molecular weight is 432 g/mol. The van der Waals surface area contributed by atoms with Gasteiger partial charge in [0, 0.05) is 31.1 Å². The lowest BCUT2D eigenvalue weighted by atomic mass is 9.51. The highest BCUT2D eigenvalue weighted by molar-refractivity contribution is 5.52. The van der Waals surface area contributed by atoms with E-state index < -0.39 is 5.60 Å². The Morgan fingerprint density at radius 1 is 1.06 bits per heavy atom. The number of fused-ring (bicyclic) bond motifs is 4. The van der Waals surface area contributed by atoms with E-state index in [1.165, 1.54) is 22.4 Å². The van der Waals surface area contributed by atoms with Crippen LogP contribution in [0, 0.1) is 29.1 Å². The van der Waals surface area contributed by atoms with E-state index in [0.717, 1.165) is 44.9 Å². The van der Waals surface area contributed by atoms with E-state index in [9.17, 15) is 10.2 Å². The average Bonchev–Trinajstić information content (AvgIpc) is 3.03. The topological polar surface area (TPSA) is 43.7 Å². The number of hydrogen-bond donors (Lipinski definition) is 2. The first-order chi connectivity index (χ1) is 15.3. The molecule has 0 saturated heterocycles. The predicted octanol–water partition coefficient (Wildman–Crippen LogP) is 5.20. The molecule has 0 amide bonds. The molecule has 0 heterocycles. The number of hydrogen-bond acceptors (Lipinski definition) is 3. The van der Waals surface area contributed by atoms with Gasteiger partial charge in [0.25, 0.3) is 0 Å². The lowest BCUT2D eigenvalue weighted by molar-refractivity contribution is -0.0514. The minimum Gasteiger partial charge on any atom is -0.389 e. The van der Waals surface area contributed by atoms with Crippen LogP contribution in [0.25, 0.3) is 0 Å². The van der Waals surface area contributed by atoms with Gasteiger partial charge in [-0.15, -0.1) is 5.92 Å². The van der Waals surface area contributed by atoms with Gasteiger partial charge < -0.3 is 15.1 Å². The largest absolute Gasteiger partial charge is 0.389 e. The second-order valence-electron chi connectivity index (χ2n) is 10.9. The van der Waals surface area contributed by atoms with Gasteiger partial charge >= 0.3 is 0 Å². The van der Waals surface area contributed by atoms with Gasteiger partial charge in [0.15, 0.2) is 0 Å². The van der Waals surface area contributed by atoms with Crippen molar-refractivity contribution in [1.29, 1.82) is 0 Å². The van der Waals surface area contributed by atoms with Gasteiger partial charge in [0.1, 0.15) is 5.60 Å².